The van der Waals surface area contributed by atoms with Crippen LogP contribution in [0.15, 0.2) is 94.7 Å². The number of aromatic nitrogens is 5. The summed E-state index contributed by atoms with van der Waals surface area (Å²) in [4.78, 5) is 113. The molecule has 5 aromatic rings. The summed E-state index contributed by atoms with van der Waals surface area (Å²) in [5, 5.41) is 29.2. The second-order valence-electron chi connectivity index (χ2n) is 34.0. The smallest absolute Gasteiger partial charge is 0.329 e. The SMILES string of the molecule is CCOCCOCCOCCCC(=O)O[C@@H]1CC[C@@H](C[C@@H](C)[C@@H]2CC(=O)[C@H](C)/C=C(\C)[C@@H](O)[C@@H](OC)C(=O)[C@H](C)C[C@H](C)/C=C/C=C/C=C(\C)[C@@H](OC)C[C@@H]3CC[C@@H](C)[C@@](O)(O3)C(=O)C(=O)N3CCCC[C@H]3C(=O)O2)C[C@H]1OC.CCOCCOCCOCCOCCOCC(=O)N1CCc2cc(Cn3nc(-c4ccc5oc(N)nc5c4)c4c(N)ncnc43)ccc2C1. The van der Waals surface area contributed by atoms with Crippen molar-refractivity contribution in [3.63, 3.8) is 0 Å². The number of nitrogens with two attached hydrogens (primary N) is 2. The van der Waals surface area contributed by atoms with Crippen molar-refractivity contribution >= 4 is 75.1 Å². The largest absolute Gasteiger partial charge is 0.460 e. The first-order valence-corrected chi connectivity index (χ1v) is 45.5. The van der Waals surface area contributed by atoms with Crippen molar-refractivity contribution in [2.45, 2.75) is 226 Å². The third-order valence-corrected chi connectivity index (χ3v) is 24.5. The highest BCUT2D eigenvalue weighted by atomic mass is 16.6. The molecule has 6 N–H and O–H groups in total. The fraction of sp³-hybridized carbons (Fsp3) is 0.653. The third-order valence-electron chi connectivity index (χ3n) is 24.5. The monoisotopic (exact) mass is 1790 g/mol. The van der Waals surface area contributed by atoms with Crippen LogP contribution in [0.1, 0.15) is 169 Å². The standard InChI is InChI=1S/C61H97NO17.C34H42N8O7/c1-12-74-29-30-76-32-31-75-28-18-22-54(64)77-50-26-24-46(36-53(50)72-10)35-42(5)52-38-49(63)41(4)34-44(7)56(66)57(73-11)55(65)43(6)33-39(2)19-14-13-15-20-40(3)51(71-9)37-47-25-23-45(8)61(70,79-47)58(67)59(68)62-27-17-16-21-48(62)60(69)78-52;1-2-44-9-10-45-11-12-46-13-14-47-15-16-48-21-29(43)41-8-7-24-17-23(3-4-26(24)20-41)19-42-33-30(32(35)37-22-38-33)31(40-42)25-5-6-28-27(18-25)39-34(36)49-28/h13-15,19-20,34,39,41-43,45-48,50-53,56-57,66,70H,12,16-18,21-33,35-38H2,1-11H3;3-6,17-18,22H,2,7-16,19-21H2,1H3,(H2,36,39)(H2,35,37,38)/b15-13+,19-14+,40-20+,44-34+;/t39-,41-,42-,43-,45-,46+,47+,48+,50-,51+,52+,53-,56-,57+,61-;/m1./s1. The molecule has 15 atom stereocenters. The van der Waals surface area contributed by atoms with Gasteiger partial charge in [0.2, 0.25) is 11.7 Å². The lowest BCUT2D eigenvalue weighted by Gasteiger charge is -2.42. The fourth-order valence-corrected chi connectivity index (χ4v) is 17.1. The fourth-order valence-electron chi connectivity index (χ4n) is 17.1. The number of ketones is 3. The van der Waals surface area contributed by atoms with Gasteiger partial charge in [-0.2, -0.15) is 10.1 Å². The molecule has 0 unspecified atom stereocenters. The predicted octanol–water partition coefficient (Wildman–Crippen LogP) is 10.4. The normalized spacial score (nSPS) is 26.8. The van der Waals surface area contributed by atoms with Gasteiger partial charge in [0, 0.05) is 103 Å². The van der Waals surface area contributed by atoms with Crippen molar-refractivity contribution in [1.82, 2.24) is 34.5 Å². The Morgan fingerprint density at radius 3 is 2.08 bits per heavy atom. The molecule has 5 aliphatic rings. The summed E-state index contributed by atoms with van der Waals surface area (Å²) >= 11 is 0. The molecule has 2 amide bonds. The van der Waals surface area contributed by atoms with E-state index in [9.17, 15) is 43.8 Å². The molecule has 7 heterocycles. The molecule has 3 aromatic heterocycles. The Morgan fingerprint density at radius 1 is 0.711 bits per heavy atom. The van der Waals surface area contributed by atoms with Crippen molar-refractivity contribution in [3.05, 3.63) is 107 Å². The van der Waals surface area contributed by atoms with E-state index in [4.69, 9.17) is 87.3 Å². The van der Waals surface area contributed by atoms with Crippen LogP contribution in [0.25, 0.3) is 33.4 Å². The van der Waals surface area contributed by atoms with Crippen LogP contribution < -0.4 is 11.5 Å². The average Bonchev–Trinajstić information content (AvgIpc) is 1.73. The maximum atomic E-state index is 14.6. The Morgan fingerprint density at radius 2 is 1.40 bits per heavy atom. The predicted molar refractivity (Wildman–Crippen MR) is 478 cm³/mol. The Balaban J connectivity index is 0.000000321. The van der Waals surface area contributed by atoms with Gasteiger partial charge in [0.25, 0.3) is 17.7 Å². The number of hydrogen-bond acceptors (Lipinski definition) is 30. The minimum atomic E-state index is -2.46. The number of esters is 2. The van der Waals surface area contributed by atoms with Gasteiger partial charge in [0.15, 0.2) is 17.0 Å². The number of fused-ring (bicyclic) bond motifs is 6. The minimum absolute atomic E-state index is 0.000626. The molecule has 10 rings (SSSR count). The number of Topliss-reactive ketones (excluding diaryl/α,β-unsaturated/α-hetero) is 3. The topological polar surface area (TPSA) is 417 Å². The van der Waals surface area contributed by atoms with E-state index < -0.39 is 95.9 Å². The van der Waals surface area contributed by atoms with Crippen LogP contribution in [0.2, 0.25) is 0 Å². The van der Waals surface area contributed by atoms with Crippen LogP contribution >= 0.6 is 0 Å². The van der Waals surface area contributed by atoms with E-state index in [1.54, 1.807) is 47.1 Å². The second-order valence-corrected chi connectivity index (χ2v) is 34.0. The quantitative estimate of drug-likeness (QED) is 0.0125. The lowest BCUT2D eigenvalue weighted by Crippen LogP contribution is -2.61. The number of nitrogens with zero attached hydrogens (tertiary/aromatic N) is 7. The average molecular weight is 1790 g/mol. The van der Waals surface area contributed by atoms with Gasteiger partial charge in [0.05, 0.1) is 110 Å². The number of anilines is 2. The number of carbonyl (C=O) groups is 7. The van der Waals surface area contributed by atoms with Gasteiger partial charge in [0.1, 0.15) is 66.2 Å². The van der Waals surface area contributed by atoms with Crippen LogP contribution in [-0.4, -0.2) is 281 Å². The maximum Gasteiger partial charge on any atom is 0.329 e. The van der Waals surface area contributed by atoms with E-state index in [0.717, 1.165) is 28.7 Å². The Kier molecular flexibility index (Phi) is 42.7. The number of hydrogen-bond donors (Lipinski definition) is 4. The van der Waals surface area contributed by atoms with Gasteiger partial charge in [-0.05, 0) is 169 Å². The van der Waals surface area contributed by atoms with Gasteiger partial charge in [-0.15, -0.1) is 0 Å². The van der Waals surface area contributed by atoms with E-state index in [2.05, 4.69) is 33.2 Å². The van der Waals surface area contributed by atoms with Crippen LogP contribution in [0.5, 0.6) is 0 Å². The third kappa shape index (κ3) is 30.5. The van der Waals surface area contributed by atoms with Crippen molar-refractivity contribution in [1.29, 1.82) is 0 Å². The molecule has 3 fully saturated rings. The van der Waals surface area contributed by atoms with Crippen molar-refractivity contribution in [3.8, 4) is 11.3 Å². The lowest BCUT2D eigenvalue weighted by molar-refractivity contribution is -0.265. The molecule has 1 saturated carbocycles. The molecule has 4 aliphatic heterocycles. The van der Waals surface area contributed by atoms with Crippen LogP contribution in [0, 0.1) is 35.5 Å². The number of benzene rings is 2. The number of oxazole rings is 1. The highest BCUT2D eigenvalue weighted by Gasteiger charge is 2.53. The Bertz CT molecular complexity index is 4490. The number of allylic oxidation sites excluding steroid dienone is 6. The number of rotatable bonds is 36. The number of methoxy groups -OCH3 is 3. The minimum Gasteiger partial charge on any atom is -0.460 e. The molecular formula is C95H139N9O24. The van der Waals surface area contributed by atoms with Crippen molar-refractivity contribution in [2.75, 3.05) is 152 Å². The number of aliphatic hydroxyl groups excluding tert-OH is 1. The number of piperidine rings is 1. The summed E-state index contributed by atoms with van der Waals surface area (Å²) in [6.07, 6.45) is 13.6. The summed E-state index contributed by atoms with van der Waals surface area (Å²) in [5.74, 6) is -8.38. The van der Waals surface area contributed by atoms with E-state index in [1.807, 2.05) is 93.6 Å². The summed E-state index contributed by atoms with van der Waals surface area (Å²) in [7, 11) is 4.53. The summed E-state index contributed by atoms with van der Waals surface area (Å²) < 4.78 is 86.6. The van der Waals surface area contributed by atoms with Gasteiger partial charge in [-0.1, -0.05) is 89.3 Å². The number of cyclic esters (lactones) is 1. The first kappa shape index (κ1) is 103. The molecule has 128 heavy (non-hydrogen) atoms. The van der Waals surface area contributed by atoms with Crippen molar-refractivity contribution in [2.24, 2.45) is 35.5 Å². The van der Waals surface area contributed by atoms with Crippen LogP contribution in [0.4, 0.5) is 11.8 Å². The van der Waals surface area contributed by atoms with E-state index in [-0.39, 0.29) is 73.7 Å². The zero-order chi connectivity index (χ0) is 92.2. The molecule has 1 aliphatic carbocycles. The van der Waals surface area contributed by atoms with Crippen LogP contribution in [-0.2, 0) is 119 Å². The number of amides is 2. The van der Waals surface area contributed by atoms with E-state index >= 15 is 0 Å². The Hall–Kier alpha value is -8.65. The first-order chi connectivity index (χ1) is 61.7. The lowest BCUT2D eigenvalue weighted by atomic mass is 9.78. The zero-order valence-electron chi connectivity index (χ0n) is 77.0. The number of carbonyl (C=O) groups excluding carboxylic acids is 7. The number of ether oxygens (including phenoxy) is 14. The summed E-state index contributed by atoms with van der Waals surface area (Å²) in [6, 6.07) is 10.8. The molecule has 0 radical (unpaired) electrons. The number of aliphatic hydroxyl groups is 2. The van der Waals surface area contributed by atoms with E-state index in [1.165, 1.54) is 23.9 Å². The highest BCUT2D eigenvalue weighted by molar-refractivity contribution is 6.39. The van der Waals surface area contributed by atoms with Crippen molar-refractivity contribution < 1.29 is 115 Å². The molecule has 33 nitrogen and oxygen atoms in total. The van der Waals surface area contributed by atoms with Gasteiger partial charge < -0.3 is 102 Å². The van der Waals surface area contributed by atoms with Gasteiger partial charge in [-0.3, -0.25) is 28.8 Å². The zero-order valence-corrected chi connectivity index (χ0v) is 77.0. The molecule has 2 bridgehead atoms. The molecule has 33 heteroatoms. The first-order valence-electron chi connectivity index (χ1n) is 45.5. The highest BCUT2D eigenvalue weighted by Crippen LogP contribution is 2.40. The summed E-state index contributed by atoms with van der Waals surface area (Å²) in [6.45, 7) is 25.7. The Labute approximate surface area is 752 Å². The summed E-state index contributed by atoms with van der Waals surface area (Å²) in [5.41, 5.74) is 20.0. The van der Waals surface area contributed by atoms with Gasteiger partial charge in [-0.25, -0.2) is 19.4 Å². The number of nitrogen functional groups attached to an aromatic ring is 2. The molecule has 2 aromatic carbocycles. The van der Waals surface area contributed by atoms with Crippen LogP contribution in [0.3, 0.4) is 0 Å². The molecule has 0 spiro atoms. The molecule has 2 saturated heterocycles. The second kappa shape index (κ2) is 53.0. The van der Waals surface area contributed by atoms with E-state index in [0.29, 0.717) is 229 Å². The van der Waals surface area contributed by atoms with Gasteiger partial charge >= 0.3 is 11.9 Å². The maximum absolute atomic E-state index is 14.6. The molecule has 708 valence electrons. The molecular weight excluding hydrogens is 1650 g/mol.